The van der Waals surface area contributed by atoms with Crippen LogP contribution < -0.4 is 10.5 Å². The standard InChI is InChI=1S/C14H23NO2/c1-3-11(2)10-17-13-6-4-5-12(9-13)14(16)7-8-15/h4-6,9,11,14,16H,3,7-8,10,15H2,1-2H3. The normalized spacial score (nSPS) is 14.4. The molecule has 0 aromatic heterocycles. The molecule has 0 aliphatic rings. The van der Waals surface area contributed by atoms with Crippen LogP contribution in [-0.4, -0.2) is 18.3 Å². The van der Waals surface area contributed by atoms with E-state index >= 15 is 0 Å². The summed E-state index contributed by atoms with van der Waals surface area (Å²) in [6, 6.07) is 7.61. The number of ether oxygens (including phenoxy) is 1. The van der Waals surface area contributed by atoms with Gasteiger partial charge in [-0.05, 0) is 36.6 Å². The molecule has 3 nitrogen and oxygen atoms in total. The Balaban J connectivity index is 2.59. The lowest BCUT2D eigenvalue weighted by atomic mass is 10.1. The van der Waals surface area contributed by atoms with Crippen molar-refractivity contribution in [3.8, 4) is 5.75 Å². The van der Waals surface area contributed by atoms with E-state index in [1.807, 2.05) is 24.3 Å². The van der Waals surface area contributed by atoms with Crippen LogP contribution in [-0.2, 0) is 0 Å². The fourth-order valence-corrected chi connectivity index (χ4v) is 1.49. The SMILES string of the molecule is CCC(C)COc1cccc(C(O)CCN)c1. The molecule has 2 atom stereocenters. The number of aliphatic hydroxyl groups excluding tert-OH is 1. The van der Waals surface area contributed by atoms with E-state index in [-0.39, 0.29) is 0 Å². The smallest absolute Gasteiger partial charge is 0.119 e. The van der Waals surface area contributed by atoms with E-state index in [9.17, 15) is 5.11 Å². The maximum Gasteiger partial charge on any atom is 0.119 e. The highest BCUT2D eigenvalue weighted by molar-refractivity contribution is 5.29. The predicted molar refractivity (Wildman–Crippen MR) is 70.0 cm³/mol. The molecule has 96 valence electrons. The fourth-order valence-electron chi connectivity index (χ4n) is 1.49. The van der Waals surface area contributed by atoms with Crippen molar-refractivity contribution in [1.82, 2.24) is 0 Å². The Bertz CT molecular complexity index is 328. The first-order valence-electron chi connectivity index (χ1n) is 6.28. The van der Waals surface area contributed by atoms with Crippen LogP contribution in [0.2, 0.25) is 0 Å². The topological polar surface area (TPSA) is 55.5 Å². The van der Waals surface area contributed by atoms with Gasteiger partial charge in [0.1, 0.15) is 5.75 Å². The van der Waals surface area contributed by atoms with Gasteiger partial charge in [-0.1, -0.05) is 32.4 Å². The maximum atomic E-state index is 9.83. The van der Waals surface area contributed by atoms with Crippen LogP contribution >= 0.6 is 0 Å². The largest absolute Gasteiger partial charge is 0.493 e. The van der Waals surface area contributed by atoms with E-state index in [1.54, 1.807) is 0 Å². The van der Waals surface area contributed by atoms with Crippen LogP contribution in [0.15, 0.2) is 24.3 Å². The van der Waals surface area contributed by atoms with Gasteiger partial charge in [-0.15, -0.1) is 0 Å². The lowest BCUT2D eigenvalue weighted by Gasteiger charge is -2.14. The van der Waals surface area contributed by atoms with E-state index < -0.39 is 6.10 Å². The average molecular weight is 237 g/mol. The Morgan fingerprint density at radius 1 is 1.41 bits per heavy atom. The van der Waals surface area contributed by atoms with Crippen molar-refractivity contribution in [3.63, 3.8) is 0 Å². The van der Waals surface area contributed by atoms with Crippen LogP contribution in [0.3, 0.4) is 0 Å². The van der Waals surface area contributed by atoms with Crippen molar-refractivity contribution in [3.05, 3.63) is 29.8 Å². The number of nitrogens with two attached hydrogens (primary N) is 1. The Kier molecular flexibility index (Phi) is 6.01. The van der Waals surface area contributed by atoms with Crippen LogP contribution in [0, 0.1) is 5.92 Å². The second-order valence-electron chi connectivity index (χ2n) is 4.49. The Labute approximate surface area is 104 Å². The molecule has 0 saturated heterocycles. The third-order valence-electron chi connectivity index (χ3n) is 2.91. The molecular weight excluding hydrogens is 214 g/mol. The van der Waals surface area contributed by atoms with Gasteiger partial charge in [-0.3, -0.25) is 0 Å². The molecule has 0 aliphatic heterocycles. The minimum Gasteiger partial charge on any atom is -0.493 e. The number of benzene rings is 1. The predicted octanol–water partition coefficient (Wildman–Crippen LogP) is 2.49. The van der Waals surface area contributed by atoms with Gasteiger partial charge in [0.05, 0.1) is 12.7 Å². The Hall–Kier alpha value is -1.06. The molecule has 0 spiro atoms. The molecule has 0 fully saturated rings. The molecule has 0 bridgehead atoms. The van der Waals surface area contributed by atoms with E-state index in [1.165, 1.54) is 0 Å². The summed E-state index contributed by atoms with van der Waals surface area (Å²) < 4.78 is 5.69. The van der Waals surface area contributed by atoms with Crippen LogP contribution in [0.4, 0.5) is 0 Å². The van der Waals surface area contributed by atoms with E-state index in [0.29, 0.717) is 25.5 Å². The highest BCUT2D eigenvalue weighted by Crippen LogP contribution is 2.21. The molecule has 2 unspecified atom stereocenters. The third-order valence-corrected chi connectivity index (χ3v) is 2.91. The first kappa shape index (κ1) is 14.0. The summed E-state index contributed by atoms with van der Waals surface area (Å²) in [5, 5.41) is 9.83. The first-order valence-corrected chi connectivity index (χ1v) is 6.28. The van der Waals surface area contributed by atoms with Crippen LogP contribution in [0.5, 0.6) is 5.75 Å². The first-order chi connectivity index (χ1) is 8.17. The zero-order chi connectivity index (χ0) is 12.7. The van der Waals surface area contributed by atoms with Crippen molar-refractivity contribution in [2.24, 2.45) is 11.7 Å². The molecule has 1 aromatic carbocycles. The summed E-state index contributed by atoms with van der Waals surface area (Å²) in [6.07, 6.45) is 1.19. The number of aliphatic hydroxyl groups is 1. The molecule has 17 heavy (non-hydrogen) atoms. The Morgan fingerprint density at radius 2 is 2.18 bits per heavy atom. The summed E-state index contributed by atoms with van der Waals surface area (Å²) in [5.74, 6) is 1.37. The molecule has 0 heterocycles. The highest BCUT2D eigenvalue weighted by Gasteiger charge is 2.07. The molecule has 1 rings (SSSR count). The van der Waals surface area contributed by atoms with Gasteiger partial charge in [0.2, 0.25) is 0 Å². The minimum absolute atomic E-state index is 0.485. The van der Waals surface area contributed by atoms with Gasteiger partial charge >= 0.3 is 0 Å². The van der Waals surface area contributed by atoms with Crippen molar-refractivity contribution < 1.29 is 9.84 Å². The Morgan fingerprint density at radius 3 is 2.82 bits per heavy atom. The summed E-state index contributed by atoms with van der Waals surface area (Å²) >= 11 is 0. The molecular formula is C14H23NO2. The van der Waals surface area contributed by atoms with Gasteiger partial charge < -0.3 is 15.6 Å². The summed E-state index contributed by atoms with van der Waals surface area (Å²) in [6.45, 7) is 5.51. The van der Waals surface area contributed by atoms with Gasteiger partial charge in [0.15, 0.2) is 0 Å². The van der Waals surface area contributed by atoms with Crippen molar-refractivity contribution >= 4 is 0 Å². The van der Waals surface area contributed by atoms with Crippen LogP contribution in [0.25, 0.3) is 0 Å². The molecule has 1 aromatic rings. The molecule has 0 radical (unpaired) electrons. The van der Waals surface area contributed by atoms with Gasteiger partial charge in [0.25, 0.3) is 0 Å². The summed E-state index contributed by atoms with van der Waals surface area (Å²) in [4.78, 5) is 0. The average Bonchev–Trinajstić information content (AvgIpc) is 2.36. The molecule has 3 heteroatoms. The molecule has 3 N–H and O–H groups in total. The quantitative estimate of drug-likeness (QED) is 0.766. The number of hydrogen-bond acceptors (Lipinski definition) is 3. The van der Waals surface area contributed by atoms with Gasteiger partial charge in [-0.25, -0.2) is 0 Å². The fraction of sp³-hybridized carbons (Fsp3) is 0.571. The van der Waals surface area contributed by atoms with Crippen LogP contribution in [0.1, 0.15) is 38.4 Å². The van der Waals surface area contributed by atoms with E-state index in [4.69, 9.17) is 10.5 Å². The molecule has 0 aliphatic carbocycles. The van der Waals surface area contributed by atoms with E-state index in [0.717, 1.165) is 17.7 Å². The molecule has 0 saturated carbocycles. The zero-order valence-electron chi connectivity index (χ0n) is 10.7. The van der Waals surface area contributed by atoms with Gasteiger partial charge in [0, 0.05) is 0 Å². The maximum absolute atomic E-state index is 9.83. The summed E-state index contributed by atoms with van der Waals surface area (Å²) in [7, 11) is 0. The summed E-state index contributed by atoms with van der Waals surface area (Å²) in [5.41, 5.74) is 6.30. The lowest BCUT2D eigenvalue weighted by Crippen LogP contribution is -2.09. The van der Waals surface area contributed by atoms with E-state index in [2.05, 4.69) is 13.8 Å². The van der Waals surface area contributed by atoms with Gasteiger partial charge in [-0.2, -0.15) is 0 Å². The number of hydrogen-bond donors (Lipinski definition) is 2. The zero-order valence-corrected chi connectivity index (χ0v) is 10.7. The number of rotatable bonds is 7. The highest BCUT2D eigenvalue weighted by atomic mass is 16.5. The second kappa shape index (κ2) is 7.30. The van der Waals surface area contributed by atoms with Crippen molar-refractivity contribution in [2.75, 3.05) is 13.2 Å². The molecule has 0 amide bonds. The van der Waals surface area contributed by atoms with Crippen molar-refractivity contribution in [2.45, 2.75) is 32.8 Å². The monoisotopic (exact) mass is 237 g/mol. The minimum atomic E-state index is -0.493. The second-order valence-corrected chi connectivity index (χ2v) is 4.49. The van der Waals surface area contributed by atoms with Crippen molar-refractivity contribution in [1.29, 1.82) is 0 Å². The lowest BCUT2D eigenvalue weighted by molar-refractivity contribution is 0.169. The third kappa shape index (κ3) is 4.75.